The maximum absolute atomic E-state index is 10.9. The molecule has 0 saturated carbocycles. The van der Waals surface area contributed by atoms with Gasteiger partial charge in [-0.1, -0.05) is 24.8 Å². The molecule has 92 valence electrons. The molecule has 0 aliphatic rings. The van der Waals surface area contributed by atoms with Gasteiger partial charge in [-0.3, -0.25) is 4.79 Å². The summed E-state index contributed by atoms with van der Waals surface area (Å²) < 4.78 is 4.06. The molecule has 0 heterocycles. The van der Waals surface area contributed by atoms with Gasteiger partial charge in [0.15, 0.2) is 4.51 Å². The summed E-state index contributed by atoms with van der Waals surface area (Å²) in [7, 11) is 0. The summed E-state index contributed by atoms with van der Waals surface area (Å²) in [5.74, 6) is 0.308. The summed E-state index contributed by atoms with van der Waals surface area (Å²) in [5.41, 5.74) is 0. The second-order valence-electron chi connectivity index (χ2n) is 3.44. The van der Waals surface area contributed by atoms with E-state index in [2.05, 4.69) is 27.8 Å². The number of para-hydroxylation sites is 1. The minimum Gasteiger partial charge on any atom is -0.490 e. The molecule has 2 N–H and O–H groups in total. The van der Waals surface area contributed by atoms with E-state index in [0.29, 0.717) is 5.75 Å². The number of nitrogens with one attached hydrogen (secondary N) is 1. The smallest absolute Gasteiger partial charge is 0.243 e. The first kappa shape index (κ1) is 13.7. The lowest BCUT2D eigenvalue weighted by molar-refractivity contribution is -0.117. The van der Waals surface area contributed by atoms with E-state index in [-0.39, 0.29) is 19.1 Å². The number of ether oxygens (including phenoxy) is 1. The molecule has 1 rings (SSSR count). The zero-order valence-electron chi connectivity index (χ0n) is 9.23. The Bertz CT molecular complexity index is 379. The lowest BCUT2D eigenvalue weighted by Crippen LogP contribution is -2.41. The Morgan fingerprint density at radius 1 is 1.53 bits per heavy atom. The first-order valence-corrected chi connectivity index (χ1v) is 5.82. The Morgan fingerprint density at radius 3 is 2.76 bits per heavy atom. The van der Waals surface area contributed by atoms with Crippen molar-refractivity contribution in [2.45, 2.75) is 4.51 Å². The Morgan fingerprint density at radius 2 is 2.18 bits per heavy atom. The number of carbonyl (C=O) groups excluding carboxylic acids is 1. The number of benzene rings is 1. The van der Waals surface area contributed by atoms with Gasteiger partial charge in [-0.25, -0.2) is 0 Å². The van der Waals surface area contributed by atoms with E-state index in [4.69, 9.17) is 4.74 Å². The lowest BCUT2D eigenvalue weighted by atomic mass is 10.3. The van der Waals surface area contributed by atoms with Gasteiger partial charge in [0.05, 0.1) is 6.54 Å². The summed E-state index contributed by atoms with van der Waals surface area (Å²) in [4.78, 5) is 10.9. The summed E-state index contributed by atoms with van der Waals surface area (Å²) in [6.45, 7) is 3.37. The van der Waals surface area contributed by atoms with Crippen LogP contribution in [0.5, 0.6) is 5.75 Å². The van der Waals surface area contributed by atoms with Crippen LogP contribution in [0.25, 0.3) is 0 Å². The van der Waals surface area contributed by atoms with Crippen LogP contribution in [0.2, 0.25) is 0 Å². The standard InChI is InChI=1S/C12H14BrNO3/c1-2-11(15)14-8-12(13,16)9-17-10-6-4-3-5-7-10/h2-7,16H,1,8-9H2,(H,14,15). The zero-order valence-corrected chi connectivity index (χ0v) is 10.8. The Labute approximate surface area is 108 Å². The molecule has 1 aromatic carbocycles. The summed E-state index contributed by atoms with van der Waals surface area (Å²) in [6, 6.07) is 9.11. The van der Waals surface area contributed by atoms with Gasteiger partial charge in [0.1, 0.15) is 12.4 Å². The van der Waals surface area contributed by atoms with Crippen LogP contribution >= 0.6 is 15.9 Å². The van der Waals surface area contributed by atoms with Crippen LogP contribution in [0.3, 0.4) is 0 Å². The summed E-state index contributed by atoms with van der Waals surface area (Å²) in [5, 5.41) is 12.3. The molecule has 17 heavy (non-hydrogen) atoms. The van der Waals surface area contributed by atoms with E-state index in [1.54, 1.807) is 12.1 Å². The highest BCUT2D eigenvalue weighted by Crippen LogP contribution is 2.16. The molecule has 0 aromatic heterocycles. The van der Waals surface area contributed by atoms with Gasteiger partial charge in [0.25, 0.3) is 0 Å². The average Bonchev–Trinajstić information content (AvgIpc) is 2.35. The zero-order chi connectivity index (χ0) is 12.7. The third kappa shape index (κ3) is 5.51. The fraction of sp³-hybridized carbons (Fsp3) is 0.250. The highest BCUT2D eigenvalue weighted by molar-refractivity contribution is 9.10. The fourth-order valence-electron chi connectivity index (χ4n) is 1.06. The monoisotopic (exact) mass is 299 g/mol. The lowest BCUT2D eigenvalue weighted by Gasteiger charge is -2.21. The van der Waals surface area contributed by atoms with E-state index in [0.717, 1.165) is 6.08 Å². The van der Waals surface area contributed by atoms with Crippen molar-refractivity contribution in [2.24, 2.45) is 0 Å². The number of amides is 1. The first-order chi connectivity index (χ1) is 8.03. The molecule has 0 aliphatic carbocycles. The molecule has 0 aliphatic heterocycles. The van der Waals surface area contributed by atoms with Crippen LogP contribution < -0.4 is 10.1 Å². The van der Waals surface area contributed by atoms with Crippen molar-refractivity contribution in [1.82, 2.24) is 5.32 Å². The average molecular weight is 300 g/mol. The normalized spacial score (nSPS) is 13.5. The molecule has 0 spiro atoms. The van der Waals surface area contributed by atoms with Gasteiger partial charge in [-0.05, 0) is 34.1 Å². The molecular formula is C12H14BrNO3. The maximum atomic E-state index is 10.9. The van der Waals surface area contributed by atoms with E-state index in [1.807, 2.05) is 18.2 Å². The quantitative estimate of drug-likeness (QED) is 0.617. The van der Waals surface area contributed by atoms with Gasteiger partial charge in [-0.2, -0.15) is 0 Å². The highest BCUT2D eigenvalue weighted by Gasteiger charge is 2.24. The van der Waals surface area contributed by atoms with Crippen molar-refractivity contribution in [3.8, 4) is 5.75 Å². The first-order valence-electron chi connectivity index (χ1n) is 5.03. The van der Waals surface area contributed by atoms with Gasteiger partial charge in [0, 0.05) is 0 Å². The third-order valence-corrected chi connectivity index (χ3v) is 2.43. The summed E-state index contributed by atoms with van der Waals surface area (Å²) >= 11 is 3.08. The topological polar surface area (TPSA) is 58.6 Å². The van der Waals surface area contributed by atoms with E-state index in [9.17, 15) is 9.90 Å². The van der Waals surface area contributed by atoms with Crippen molar-refractivity contribution in [3.63, 3.8) is 0 Å². The molecule has 0 fully saturated rings. The SMILES string of the molecule is C=CC(=O)NCC(O)(Br)COc1ccccc1. The van der Waals surface area contributed by atoms with Crippen LogP contribution in [0.1, 0.15) is 0 Å². The van der Waals surface area contributed by atoms with Crippen molar-refractivity contribution in [1.29, 1.82) is 0 Å². The van der Waals surface area contributed by atoms with Gasteiger partial charge < -0.3 is 15.2 Å². The van der Waals surface area contributed by atoms with Crippen LogP contribution in [-0.4, -0.2) is 28.7 Å². The molecule has 0 bridgehead atoms. The van der Waals surface area contributed by atoms with Gasteiger partial charge in [0.2, 0.25) is 5.91 Å². The van der Waals surface area contributed by atoms with Crippen molar-refractivity contribution in [2.75, 3.05) is 13.2 Å². The maximum Gasteiger partial charge on any atom is 0.243 e. The molecule has 1 unspecified atom stereocenters. The Balaban J connectivity index is 2.39. The van der Waals surface area contributed by atoms with E-state index in [1.165, 1.54) is 0 Å². The fourth-order valence-corrected chi connectivity index (χ4v) is 1.31. The second-order valence-corrected chi connectivity index (χ2v) is 4.92. The number of aliphatic hydroxyl groups is 1. The van der Waals surface area contributed by atoms with Crippen LogP contribution in [0.15, 0.2) is 43.0 Å². The molecule has 0 saturated heterocycles. The van der Waals surface area contributed by atoms with E-state index >= 15 is 0 Å². The molecule has 0 radical (unpaired) electrons. The Kier molecular flexibility index (Phi) is 5.18. The largest absolute Gasteiger partial charge is 0.490 e. The predicted octanol–water partition coefficient (Wildman–Crippen LogP) is 1.45. The van der Waals surface area contributed by atoms with Crippen LogP contribution in [0, 0.1) is 0 Å². The number of hydrogen-bond acceptors (Lipinski definition) is 3. The van der Waals surface area contributed by atoms with Gasteiger partial charge >= 0.3 is 0 Å². The molecule has 4 nitrogen and oxygen atoms in total. The summed E-state index contributed by atoms with van der Waals surface area (Å²) in [6.07, 6.45) is 1.14. The Hall–Kier alpha value is -1.33. The third-order valence-electron chi connectivity index (χ3n) is 1.92. The highest BCUT2D eigenvalue weighted by atomic mass is 79.9. The number of hydrogen-bond donors (Lipinski definition) is 2. The second kappa shape index (κ2) is 6.42. The van der Waals surface area contributed by atoms with Crippen LogP contribution in [0.4, 0.5) is 0 Å². The molecule has 1 amide bonds. The number of carbonyl (C=O) groups is 1. The minimum absolute atomic E-state index is 0.0223. The predicted molar refractivity (Wildman–Crippen MR) is 69.0 cm³/mol. The molecular weight excluding hydrogens is 286 g/mol. The molecule has 5 heteroatoms. The minimum atomic E-state index is -1.30. The number of alkyl halides is 1. The van der Waals surface area contributed by atoms with E-state index < -0.39 is 4.51 Å². The molecule has 1 aromatic rings. The van der Waals surface area contributed by atoms with Gasteiger partial charge in [-0.15, -0.1) is 0 Å². The number of rotatable bonds is 6. The van der Waals surface area contributed by atoms with Crippen molar-refractivity contribution in [3.05, 3.63) is 43.0 Å². The van der Waals surface area contributed by atoms with Crippen molar-refractivity contribution < 1.29 is 14.6 Å². The van der Waals surface area contributed by atoms with Crippen molar-refractivity contribution >= 4 is 21.8 Å². The number of halogens is 1. The molecule has 1 atom stereocenters. The van der Waals surface area contributed by atoms with Crippen LogP contribution in [-0.2, 0) is 4.79 Å².